The van der Waals surface area contributed by atoms with Gasteiger partial charge in [0.2, 0.25) is 5.95 Å². The Kier molecular flexibility index (Phi) is 5.32. The molecule has 0 saturated heterocycles. The molecule has 5 rings (SSSR count). The van der Waals surface area contributed by atoms with Crippen molar-refractivity contribution in [1.82, 2.24) is 14.5 Å². The van der Waals surface area contributed by atoms with Gasteiger partial charge in [0.25, 0.3) is 5.91 Å². The van der Waals surface area contributed by atoms with E-state index in [1.54, 1.807) is 30.6 Å². The van der Waals surface area contributed by atoms with E-state index in [1.165, 1.54) is 0 Å². The molecule has 156 valence electrons. The van der Waals surface area contributed by atoms with Crippen molar-refractivity contribution in [2.45, 2.75) is 6.61 Å². The summed E-state index contributed by atoms with van der Waals surface area (Å²) in [7, 11) is 0. The van der Waals surface area contributed by atoms with Crippen molar-refractivity contribution in [2.24, 2.45) is 0 Å². The first-order valence-electron chi connectivity index (χ1n) is 10.2. The van der Waals surface area contributed by atoms with Crippen LogP contribution >= 0.6 is 0 Å². The smallest absolute Gasteiger partial charge is 0.256 e. The quantitative estimate of drug-likeness (QED) is 0.407. The first kappa shape index (κ1) is 19.5. The number of carbonyl (C=O) groups is 1. The van der Waals surface area contributed by atoms with E-state index in [2.05, 4.69) is 15.3 Å². The number of hydrogen-bond acceptors (Lipinski definition) is 4. The highest BCUT2D eigenvalue weighted by atomic mass is 16.5. The van der Waals surface area contributed by atoms with Gasteiger partial charge in [-0.3, -0.25) is 9.36 Å². The van der Waals surface area contributed by atoms with Crippen molar-refractivity contribution in [3.05, 3.63) is 115 Å². The number of ether oxygens (including phenoxy) is 1. The van der Waals surface area contributed by atoms with Crippen LogP contribution in [0.3, 0.4) is 0 Å². The summed E-state index contributed by atoms with van der Waals surface area (Å²) in [6.45, 7) is 0.479. The largest absolute Gasteiger partial charge is 0.489 e. The third-order valence-electron chi connectivity index (χ3n) is 5.05. The van der Waals surface area contributed by atoms with Gasteiger partial charge in [0.05, 0.1) is 5.52 Å². The van der Waals surface area contributed by atoms with E-state index in [-0.39, 0.29) is 5.91 Å². The molecule has 0 atom stereocenters. The lowest BCUT2D eigenvalue weighted by atomic mass is 10.2. The molecule has 6 heteroatoms. The highest BCUT2D eigenvalue weighted by Gasteiger charge is 2.16. The summed E-state index contributed by atoms with van der Waals surface area (Å²) in [6.07, 6.45) is 3.35. The van der Waals surface area contributed by atoms with Crippen LogP contribution in [0.1, 0.15) is 15.9 Å². The van der Waals surface area contributed by atoms with Crippen molar-refractivity contribution < 1.29 is 9.53 Å². The van der Waals surface area contributed by atoms with Crippen molar-refractivity contribution in [1.29, 1.82) is 0 Å². The average Bonchev–Trinajstić information content (AvgIpc) is 3.21. The number of nitrogens with one attached hydrogen (secondary N) is 1. The molecule has 0 bridgehead atoms. The SMILES string of the molecule is O=C(Nc1cc2cc(OCc3ccccc3)ccc2n1-c1ncccn1)c1ccccc1. The zero-order chi connectivity index (χ0) is 21.8. The normalized spacial score (nSPS) is 10.8. The Bertz CT molecular complexity index is 1350. The van der Waals surface area contributed by atoms with Crippen LogP contribution in [0.2, 0.25) is 0 Å². The van der Waals surface area contributed by atoms with Gasteiger partial charge in [-0.25, -0.2) is 9.97 Å². The second kappa shape index (κ2) is 8.73. The maximum Gasteiger partial charge on any atom is 0.256 e. The molecule has 0 aliphatic rings. The first-order valence-corrected chi connectivity index (χ1v) is 10.2. The van der Waals surface area contributed by atoms with Crippen molar-refractivity contribution in [3.63, 3.8) is 0 Å². The molecule has 2 heterocycles. The zero-order valence-electron chi connectivity index (χ0n) is 17.2. The van der Waals surface area contributed by atoms with Gasteiger partial charge < -0.3 is 10.1 Å². The highest BCUT2D eigenvalue weighted by molar-refractivity contribution is 6.05. The lowest BCUT2D eigenvalue weighted by Gasteiger charge is -2.10. The fourth-order valence-corrected chi connectivity index (χ4v) is 3.52. The number of rotatable bonds is 6. The minimum atomic E-state index is -0.203. The maximum atomic E-state index is 12.8. The summed E-state index contributed by atoms with van der Waals surface area (Å²) in [5.41, 5.74) is 2.54. The van der Waals surface area contributed by atoms with Gasteiger partial charge in [-0.05, 0) is 48.0 Å². The molecule has 2 aromatic heterocycles. The fourth-order valence-electron chi connectivity index (χ4n) is 3.52. The molecule has 0 fully saturated rings. The van der Waals surface area contributed by atoms with Crippen LogP contribution in [0, 0.1) is 0 Å². The highest BCUT2D eigenvalue weighted by Crippen LogP contribution is 2.30. The standard InChI is InChI=1S/C26H20N4O2/c31-25(20-10-5-2-6-11-20)29-24-17-21-16-22(32-18-19-8-3-1-4-9-19)12-13-23(21)30(24)26-27-14-7-15-28-26/h1-17H,18H2,(H,29,31). The third kappa shape index (κ3) is 4.06. The summed E-state index contributed by atoms with van der Waals surface area (Å²) >= 11 is 0. The lowest BCUT2D eigenvalue weighted by molar-refractivity contribution is 0.102. The Morgan fingerprint density at radius 2 is 1.56 bits per heavy atom. The number of hydrogen-bond donors (Lipinski definition) is 1. The minimum Gasteiger partial charge on any atom is -0.489 e. The van der Waals surface area contributed by atoms with Crippen molar-refractivity contribution in [2.75, 3.05) is 5.32 Å². The van der Waals surface area contributed by atoms with Gasteiger partial charge in [0.1, 0.15) is 18.2 Å². The molecule has 0 radical (unpaired) electrons. The number of amides is 1. The van der Waals surface area contributed by atoms with Gasteiger partial charge in [-0.15, -0.1) is 0 Å². The van der Waals surface area contributed by atoms with E-state index < -0.39 is 0 Å². The number of fused-ring (bicyclic) bond motifs is 1. The number of anilines is 1. The molecular weight excluding hydrogens is 400 g/mol. The Labute approximate surface area is 185 Å². The number of aromatic nitrogens is 3. The maximum absolute atomic E-state index is 12.8. The van der Waals surface area contributed by atoms with E-state index in [9.17, 15) is 4.79 Å². The molecule has 0 spiro atoms. The van der Waals surface area contributed by atoms with Gasteiger partial charge in [0.15, 0.2) is 0 Å². The molecule has 0 unspecified atom stereocenters. The monoisotopic (exact) mass is 420 g/mol. The second-order valence-corrected chi connectivity index (χ2v) is 7.23. The van der Waals surface area contributed by atoms with Gasteiger partial charge in [0, 0.05) is 23.3 Å². The Balaban J connectivity index is 1.50. The molecule has 1 amide bonds. The summed E-state index contributed by atoms with van der Waals surface area (Å²) in [5.74, 6) is 1.60. The third-order valence-corrected chi connectivity index (χ3v) is 5.05. The second-order valence-electron chi connectivity index (χ2n) is 7.23. The van der Waals surface area contributed by atoms with Gasteiger partial charge in [-0.2, -0.15) is 0 Å². The van der Waals surface area contributed by atoms with Crippen molar-refractivity contribution in [3.8, 4) is 11.7 Å². The molecule has 1 N–H and O–H groups in total. The van der Waals surface area contributed by atoms with Crippen LogP contribution in [-0.2, 0) is 6.61 Å². The van der Waals surface area contributed by atoms with Gasteiger partial charge in [-0.1, -0.05) is 48.5 Å². The molecular formula is C26H20N4O2. The Morgan fingerprint density at radius 3 is 2.31 bits per heavy atom. The van der Waals surface area contributed by atoms with E-state index in [1.807, 2.05) is 77.4 Å². The first-order chi connectivity index (χ1) is 15.8. The number of benzene rings is 3. The van der Waals surface area contributed by atoms with Crippen LogP contribution < -0.4 is 10.1 Å². The van der Waals surface area contributed by atoms with E-state index in [4.69, 9.17) is 4.74 Å². The predicted octanol–water partition coefficient (Wildman–Crippen LogP) is 5.25. The summed E-state index contributed by atoms with van der Waals surface area (Å²) in [4.78, 5) is 21.6. The summed E-state index contributed by atoms with van der Waals surface area (Å²) < 4.78 is 7.81. The van der Waals surface area contributed by atoms with Crippen LogP contribution in [0.25, 0.3) is 16.9 Å². The topological polar surface area (TPSA) is 69.0 Å². The number of carbonyl (C=O) groups excluding carboxylic acids is 1. The fraction of sp³-hybridized carbons (Fsp3) is 0.0385. The minimum absolute atomic E-state index is 0.203. The van der Waals surface area contributed by atoms with Crippen molar-refractivity contribution >= 4 is 22.6 Å². The summed E-state index contributed by atoms with van der Waals surface area (Å²) in [5, 5.41) is 3.90. The lowest BCUT2D eigenvalue weighted by Crippen LogP contribution is -2.15. The molecule has 5 aromatic rings. The van der Waals surface area contributed by atoms with Crippen LogP contribution in [0.4, 0.5) is 5.82 Å². The van der Waals surface area contributed by atoms with Crippen LogP contribution in [-0.4, -0.2) is 20.4 Å². The molecule has 0 saturated carbocycles. The molecule has 3 aromatic carbocycles. The van der Waals surface area contributed by atoms with E-state index in [0.29, 0.717) is 23.9 Å². The molecule has 6 nitrogen and oxygen atoms in total. The zero-order valence-corrected chi connectivity index (χ0v) is 17.2. The molecule has 32 heavy (non-hydrogen) atoms. The van der Waals surface area contributed by atoms with E-state index >= 15 is 0 Å². The Hall–Kier alpha value is -4.45. The van der Waals surface area contributed by atoms with Crippen LogP contribution in [0.15, 0.2) is 103 Å². The predicted molar refractivity (Wildman–Crippen MR) is 124 cm³/mol. The Morgan fingerprint density at radius 1 is 0.844 bits per heavy atom. The van der Waals surface area contributed by atoms with E-state index in [0.717, 1.165) is 22.2 Å². The molecule has 0 aliphatic carbocycles. The number of nitrogens with zero attached hydrogens (tertiary/aromatic N) is 3. The van der Waals surface area contributed by atoms with Gasteiger partial charge >= 0.3 is 0 Å². The summed E-state index contributed by atoms with van der Waals surface area (Å²) in [6, 6.07) is 28.6. The average molecular weight is 420 g/mol. The van der Waals surface area contributed by atoms with Crippen LogP contribution in [0.5, 0.6) is 5.75 Å². The molecule has 0 aliphatic heterocycles.